The predicted molar refractivity (Wildman–Crippen MR) is 78.6 cm³/mol. The molecule has 0 spiro atoms. The molecule has 8 heteroatoms. The molecule has 2 rings (SSSR count). The Morgan fingerprint density at radius 3 is 2.67 bits per heavy atom. The SMILES string of the molecule is C[C@H](NS(=O)(=O)c1cccc(Cl)c1)C(=O)N1CCOCC1. The van der Waals surface area contributed by atoms with Gasteiger partial charge in [-0.15, -0.1) is 0 Å². The Kier molecular flexibility index (Phi) is 5.21. The minimum absolute atomic E-state index is 0.0385. The van der Waals surface area contributed by atoms with Crippen LogP contribution in [-0.2, 0) is 19.6 Å². The van der Waals surface area contributed by atoms with Crippen LogP contribution in [0.15, 0.2) is 29.2 Å². The number of halogens is 1. The maximum Gasteiger partial charge on any atom is 0.241 e. The molecule has 0 bridgehead atoms. The highest BCUT2D eigenvalue weighted by Gasteiger charge is 2.26. The van der Waals surface area contributed by atoms with Crippen molar-refractivity contribution in [2.45, 2.75) is 17.9 Å². The van der Waals surface area contributed by atoms with Crippen LogP contribution in [0.2, 0.25) is 5.02 Å². The summed E-state index contributed by atoms with van der Waals surface area (Å²) >= 11 is 5.79. The minimum atomic E-state index is -3.78. The van der Waals surface area contributed by atoms with Gasteiger partial charge in [-0.2, -0.15) is 4.72 Å². The number of hydrogen-bond acceptors (Lipinski definition) is 4. The molecule has 0 radical (unpaired) electrons. The third kappa shape index (κ3) is 4.16. The lowest BCUT2D eigenvalue weighted by Gasteiger charge is -2.29. The maximum absolute atomic E-state index is 12.2. The van der Waals surface area contributed by atoms with Crippen LogP contribution in [0.4, 0.5) is 0 Å². The minimum Gasteiger partial charge on any atom is -0.378 e. The quantitative estimate of drug-likeness (QED) is 0.887. The van der Waals surface area contributed by atoms with Crippen molar-refractivity contribution in [3.05, 3.63) is 29.3 Å². The van der Waals surface area contributed by atoms with Crippen molar-refractivity contribution in [2.24, 2.45) is 0 Å². The fourth-order valence-corrected chi connectivity index (χ4v) is 3.54. The van der Waals surface area contributed by atoms with E-state index in [0.29, 0.717) is 31.3 Å². The molecule has 21 heavy (non-hydrogen) atoms. The Bertz CT molecular complexity index is 614. The zero-order valence-corrected chi connectivity index (χ0v) is 13.2. The van der Waals surface area contributed by atoms with E-state index in [9.17, 15) is 13.2 Å². The highest BCUT2D eigenvalue weighted by atomic mass is 35.5. The van der Waals surface area contributed by atoms with Gasteiger partial charge in [0.1, 0.15) is 0 Å². The van der Waals surface area contributed by atoms with Crippen LogP contribution in [0.25, 0.3) is 0 Å². The number of nitrogens with zero attached hydrogens (tertiary/aromatic N) is 1. The Morgan fingerprint density at radius 1 is 1.38 bits per heavy atom. The molecule has 0 aliphatic carbocycles. The first kappa shape index (κ1) is 16.2. The Hall–Kier alpha value is -1.15. The first-order chi connectivity index (χ1) is 9.90. The molecule has 1 heterocycles. The highest BCUT2D eigenvalue weighted by molar-refractivity contribution is 7.89. The van der Waals surface area contributed by atoms with Crippen LogP contribution in [0.3, 0.4) is 0 Å². The first-order valence-electron chi connectivity index (χ1n) is 6.54. The van der Waals surface area contributed by atoms with Crippen molar-refractivity contribution in [3.8, 4) is 0 Å². The fourth-order valence-electron chi connectivity index (χ4n) is 2.04. The lowest BCUT2D eigenvalue weighted by atomic mass is 10.3. The van der Waals surface area contributed by atoms with Gasteiger partial charge in [0.25, 0.3) is 0 Å². The van der Waals surface area contributed by atoms with Crippen LogP contribution >= 0.6 is 11.6 Å². The van der Waals surface area contributed by atoms with E-state index in [1.807, 2.05) is 0 Å². The monoisotopic (exact) mass is 332 g/mol. The molecule has 0 unspecified atom stereocenters. The predicted octanol–water partition coefficient (Wildman–Crippen LogP) is 0.866. The fraction of sp³-hybridized carbons (Fsp3) is 0.462. The molecule has 0 aromatic heterocycles. The van der Waals surface area contributed by atoms with Crippen LogP contribution in [-0.4, -0.2) is 51.6 Å². The van der Waals surface area contributed by atoms with Gasteiger partial charge in [-0.05, 0) is 25.1 Å². The molecule has 1 aromatic rings. The summed E-state index contributed by atoms with van der Waals surface area (Å²) < 4.78 is 32.0. The van der Waals surface area contributed by atoms with E-state index in [1.54, 1.807) is 17.0 Å². The zero-order chi connectivity index (χ0) is 15.5. The van der Waals surface area contributed by atoms with E-state index in [-0.39, 0.29) is 10.8 Å². The standard InChI is InChI=1S/C13H17ClN2O4S/c1-10(13(17)16-5-7-20-8-6-16)15-21(18,19)12-4-2-3-11(14)9-12/h2-4,9-10,15H,5-8H2,1H3/t10-/m0/s1. The third-order valence-electron chi connectivity index (χ3n) is 3.13. The van der Waals surface area contributed by atoms with Gasteiger partial charge in [-0.3, -0.25) is 4.79 Å². The number of carbonyl (C=O) groups is 1. The van der Waals surface area contributed by atoms with Gasteiger partial charge in [0.2, 0.25) is 15.9 Å². The molecule has 1 aliphatic heterocycles. The van der Waals surface area contributed by atoms with Gasteiger partial charge in [-0.1, -0.05) is 17.7 Å². The molecule has 116 valence electrons. The van der Waals surface area contributed by atoms with Gasteiger partial charge in [0, 0.05) is 18.1 Å². The summed E-state index contributed by atoms with van der Waals surface area (Å²) in [6, 6.07) is 5.07. The zero-order valence-electron chi connectivity index (χ0n) is 11.6. The summed E-state index contributed by atoms with van der Waals surface area (Å²) in [7, 11) is -3.78. The van der Waals surface area contributed by atoms with E-state index < -0.39 is 16.1 Å². The van der Waals surface area contributed by atoms with Crippen molar-refractivity contribution in [3.63, 3.8) is 0 Å². The third-order valence-corrected chi connectivity index (χ3v) is 4.90. The molecule has 1 fully saturated rings. The van der Waals surface area contributed by atoms with Crippen molar-refractivity contribution in [2.75, 3.05) is 26.3 Å². The summed E-state index contributed by atoms with van der Waals surface area (Å²) in [6.45, 7) is 3.42. The highest BCUT2D eigenvalue weighted by Crippen LogP contribution is 2.16. The molecule has 1 aromatic carbocycles. The average Bonchev–Trinajstić information content (AvgIpc) is 2.47. The smallest absolute Gasteiger partial charge is 0.241 e. The van der Waals surface area contributed by atoms with Crippen LogP contribution in [0, 0.1) is 0 Å². The molecule has 6 nitrogen and oxygen atoms in total. The summed E-state index contributed by atoms with van der Waals surface area (Å²) in [5.41, 5.74) is 0. The van der Waals surface area contributed by atoms with Crippen LogP contribution in [0.5, 0.6) is 0 Å². The lowest BCUT2D eigenvalue weighted by Crippen LogP contribution is -2.50. The summed E-state index contributed by atoms with van der Waals surface area (Å²) in [4.78, 5) is 13.8. The number of rotatable bonds is 4. The molecule has 1 N–H and O–H groups in total. The molecular weight excluding hydrogens is 316 g/mol. The second-order valence-electron chi connectivity index (χ2n) is 4.74. The normalized spacial score (nSPS) is 17.5. The Morgan fingerprint density at radius 2 is 2.05 bits per heavy atom. The van der Waals surface area contributed by atoms with Gasteiger partial charge in [-0.25, -0.2) is 8.42 Å². The summed E-state index contributed by atoms with van der Waals surface area (Å²) in [6.07, 6.45) is 0. The second-order valence-corrected chi connectivity index (χ2v) is 6.89. The number of nitrogens with one attached hydrogen (secondary N) is 1. The molecule has 0 saturated carbocycles. The largest absolute Gasteiger partial charge is 0.378 e. The number of sulfonamides is 1. The topological polar surface area (TPSA) is 75.7 Å². The molecule has 1 saturated heterocycles. The van der Waals surface area contributed by atoms with Crippen molar-refractivity contribution in [1.82, 2.24) is 9.62 Å². The van der Waals surface area contributed by atoms with Gasteiger partial charge >= 0.3 is 0 Å². The number of amides is 1. The van der Waals surface area contributed by atoms with Crippen LogP contribution in [0.1, 0.15) is 6.92 Å². The summed E-state index contributed by atoms with van der Waals surface area (Å²) in [5.74, 6) is -0.260. The Labute approximate surface area is 129 Å². The van der Waals surface area contributed by atoms with Crippen molar-refractivity contribution in [1.29, 1.82) is 0 Å². The maximum atomic E-state index is 12.2. The Balaban J connectivity index is 2.07. The van der Waals surface area contributed by atoms with E-state index in [0.717, 1.165) is 0 Å². The van der Waals surface area contributed by atoms with Crippen molar-refractivity contribution < 1.29 is 17.9 Å². The lowest BCUT2D eigenvalue weighted by molar-refractivity contribution is -0.136. The van der Waals surface area contributed by atoms with E-state index in [1.165, 1.54) is 19.1 Å². The van der Waals surface area contributed by atoms with E-state index in [2.05, 4.69) is 4.72 Å². The van der Waals surface area contributed by atoms with E-state index in [4.69, 9.17) is 16.3 Å². The number of carbonyl (C=O) groups excluding carboxylic acids is 1. The summed E-state index contributed by atoms with van der Waals surface area (Å²) in [5, 5.41) is 0.324. The molecular formula is C13H17ClN2O4S. The number of ether oxygens (including phenoxy) is 1. The van der Waals surface area contributed by atoms with E-state index >= 15 is 0 Å². The van der Waals surface area contributed by atoms with Gasteiger partial charge in [0.05, 0.1) is 24.2 Å². The van der Waals surface area contributed by atoms with Crippen molar-refractivity contribution >= 4 is 27.5 Å². The number of benzene rings is 1. The number of hydrogen-bond donors (Lipinski definition) is 1. The first-order valence-corrected chi connectivity index (χ1v) is 8.41. The van der Waals surface area contributed by atoms with Gasteiger partial charge < -0.3 is 9.64 Å². The number of morpholine rings is 1. The average molecular weight is 333 g/mol. The molecule has 1 amide bonds. The van der Waals surface area contributed by atoms with Crippen LogP contribution < -0.4 is 4.72 Å². The molecule has 1 atom stereocenters. The van der Waals surface area contributed by atoms with Gasteiger partial charge in [0.15, 0.2) is 0 Å². The second kappa shape index (κ2) is 6.74. The molecule has 1 aliphatic rings.